The van der Waals surface area contributed by atoms with E-state index in [0.29, 0.717) is 6.04 Å². The van der Waals surface area contributed by atoms with E-state index in [-0.39, 0.29) is 0 Å². The van der Waals surface area contributed by atoms with Gasteiger partial charge in [0.25, 0.3) is 0 Å². The molecule has 0 aromatic carbocycles. The van der Waals surface area contributed by atoms with E-state index >= 15 is 0 Å². The van der Waals surface area contributed by atoms with Crippen molar-refractivity contribution in [3.05, 3.63) is 0 Å². The number of nitrogens with two attached hydrogens (primary N) is 1. The Kier molecular flexibility index (Phi) is 11.3. The maximum atomic E-state index is 5.56. The zero-order valence-electron chi connectivity index (χ0n) is 11.7. The zero-order valence-corrected chi connectivity index (χ0v) is 11.7. The second-order valence-corrected chi connectivity index (χ2v) is 5.04. The Bertz CT molecular complexity index is 135. The summed E-state index contributed by atoms with van der Waals surface area (Å²) < 4.78 is 0. The van der Waals surface area contributed by atoms with Gasteiger partial charge in [0.1, 0.15) is 0 Å². The second kappa shape index (κ2) is 11.4. The minimum atomic E-state index is 0.669. The van der Waals surface area contributed by atoms with Gasteiger partial charge in [0.15, 0.2) is 0 Å². The summed E-state index contributed by atoms with van der Waals surface area (Å²) in [5, 5.41) is 0. The lowest BCUT2D eigenvalue weighted by molar-refractivity contribution is 0.215. The van der Waals surface area contributed by atoms with Crippen molar-refractivity contribution in [2.75, 3.05) is 19.6 Å². The average molecular weight is 228 g/mol. The summed E-state index contributed by atoms with van der Waals surface area (Å²) >= 11 is 0. The van der Waals surface area contributed by atoms with Crippen molar-refractivity contribution in [2.45, 2.75) is 71.8 Å². The molecule has 0 spiro atoms. The lowest BCUT2D eigenvalue weighted by Crippen LogP contribution is -2.33. The molecule has 0 saturated heterocycles. The molecule has 0 saturated carbocycles. The summed E-state index contributed by atoms with van der Waals surface area (Å²) in [6.07, 6.45) is 9.46. The first-order valence-electron chi connectivity index (χ1n) is 7.16. The van der Waals surface area contributed by atoms with Crippen LogP contribution in [0, 0.1) is 0 Å². The van der Waals surface area contributed by atoms with Crippen LogP contribution in [0.1, 0.15) is 65.7 Å². The van der Waals surface area contributed by atoms with Gasteiger partial charge in [-0.25, -0.2) is 0 Å². The lowest BCUT2D eigenvalue weighted by atomic mass is 10.1. The number of hydrogen-bond acceptors (Lipinski definition) is 2. The fourth-order valence-corrected chi connectivity index (χ4v) is 2.02. The van der Waals surface area contributed by atoms with Gasteiger partial charge < -0.3 is 10.6 Å². The predicted molar refractivity (Wildman–Crippen MR) is 73.8 cm³/mol. The first kappa shape index (κ1) is 15.9. The van der Waals surface area contributed by atoms with Crippen molar-refractivity contribution in [1.29, 1.82) is 0 Å². The molecule has 0 aromatic rings. The fraction of sp³-hybridized carbons (Fsp3) is 1.00. The largest absolute Gasteiger partial charge is 0.330 e. The molecule has 0 amide bonds. The van der Waals surface area contributed by atoms with E-state index < -0.39 is 0 Å². The third kappa shape index (κ3) is 9.17. The Labute approximate surface area is 103 Å². The van der Waals surface area contributed by atoms with Crippen LogP contribution in [-0.4, -0.2) is 30.6 Å². The highest BCUT2D eigenvalue weighted by Crippen LogP contribution is 2.07. The summed E-state index contributed by atoms with van der Waals surface area (Å²) in [4.78, 5) is 2.56. The van der Waals surface area contributed by atoms with Gasteiger partial charge in [0.2, 0.25) is 0 Å². The van der Waals surface area contributed by atoms with Crippen LogP contribution in [0.25, 0.3) is 0 Å². The molecular weight excluding hydrogens is 196 g/mol. The Morgan fingerprint density at radius 2 is 1.44 bits per heavy atom. The first-order valence-corrected chi connectivity index (χ1v) is 7.16. The van der Waals surface area contributed by atoms with Crippen molar-refractivity contribution in [3.63, 3.8) is 0 Å². The molecule has 0 aromatic heterocycles. The molecule has 0 atom stereocenters. The van der Waals surface area contributed by atoms with E-state index in [1.54, 1.807) is 0 Å². The van der Waals surface area contributed by atoms with Gasteiger partial charge in [0, 0.05) is 6.04 Å². The number of rotatable bonds is 11. The maximum absolute atomic E-state index is 5.56. The molecule has 2 nitrogen and oxygen atoms in total. The molecule has 0 heterocycles. The Hall–Kier alpha value is -0.0800. The predicted octanol–water partition coefficient (Wildman–Crippen LogP) is 3.41. The van der Waals surface area contributed by atoms with E-state index in [0.717, 1.165) is 13.0 Å². The molecular formula is C14H32N2. The minimum absolute atomic E-state index is 0.669. The monoisotopic (exact) mass is 228 g/mol. The van der Waals surface area contributed by atoms with E-state index in [1.165, 1.54) is 51.6 Å². The standard InChI is InChI=1S/C14H32N2/c1-4-5-6-7-8-9-12-16(14(2)3)13-10-11-15/h14H,4-13,15H2,1-3H3. The fourth-order valence-electron chi connectivity index (χ4n) is 2.02. The van der Waals surface area contributed by atoms with Gasteiger partial charge in [-0.2, -0.15) is 0 Å². The summed E-state index contributed by atoms with van der Waals surface area (Å²) in [5.74, 6) is 0. The van der Waals surface area contributed by atoms with Crippen molar-refractivity contribution in [2.24, 2.45) is 5.73 Å². The minimum Gasteiger partial charge on any atom is -0.330 e. The lowest BCUT2D eigenvalue weighted by Gasteiger charge is -2.26. The van der Waals surface area contributed by atoms with Crippen LogP contribution < -0.4 is 5.73 Å². The smallest absolute Gasteiger partial charge is 0.00385 e. The van der Waals surface area contributed by atoms with E-state index in [9.17, 15) is 0 Å². The molecule has 0 rings (SSSR count). The van der Waals surface area contributed by atoms with Crippen molar-refractivity contribution in [3.8, 4) is 0 Å². The molecule has 0 aliphatic heterocycles. The van der Waals surface area contributed by atoms with E-state index in [4.69, 9.17) is 5.73 Å². The normalized spacial score (nSPS) is 11.6. The van der Waals surface area contributed by atoms with E-state index in [1.807, 2.05) is 0 Å². The third-order valence-electron chi connectivity index (χ3n) is 3.18. The molecule has 0 aliphatic carbocycles. The van der Waals surface area contributed by atoms with Crippen molar-refractivity contribution < 1.29 is 0 Å². The van der Waals surface area contributed by atoms with Crippen LogP contribution >= 0.6 is 0 Å². The number of unbranched alkanes of at least 4 members (excludes halogenated alkanes) is 5. The van der Waals surface area contributed by atoms with Crippen molar-refractivity contribution in [1.82, 2.24) is 4.90 Å². The summed E-state index contributed by atoms with van der Waals surface area (Å²) in [7, 11) is 0. The highest BCUT2D eigenvalue weighted by Gasteiger charge is 2.07. The Morgan fingerprint density at radius 3 is 2.00 bits per heavy atom. The molecule has 0 bridgehead atoms. The Morgan fingerprint density at radius 1 is 0.875 bits per heavy atom. The van der Waals surface area contributed by atoms with Crippen molar-refractivity contribution >= 4 is 0 Å². The highest BCUT2D eigenvalue weighted by molar-refractivity contribution is 4.63. The SMILES string of the molecule is CCCCCCCCN(CCCN)C(C)C. The summed E-state index contributed by atoms with van der Waals surface area (Å²) in [6.45, 7) is 10.1. The molecule has 16 heavy (non-hydrogen) atoms. The molecule has 0 unspecified atom stereocenters. The van der Waals surface area contributed by atoms with E-state index in [2.05, 4.69) is 25.7 Å². The molecule has 0 radical (unpaired) electrons. The Balaban J connectivity index is 3.44. The zero-order chi connectivity index (χ0) is 12.2. The van der Waals surface area contributed by atoms with Gasteiger partial charge in [0.05, 0.1) is 0 Å². The van der Waals surface area contributed by atoms with Gasteiger partial charge in [-0.3, -0.25) is 0 Å². The quantitative estimate of drug-likeness (QED) is 0.549. The van der Waals surface area contributed by atoms with Crippen LogP contribution in [0.5, 0.6) is 0 Å². The second-order valence-electron chi connectivity index (χ2n) is 5.04. The van der Waals surface area contributed by atoms with Crippen LogP contribution in [-0.2, 0) is 0 Å². The van der Waals surface area contributed by atoms with Gasteiger partial charge in [-0.1, -0.05) is 39.0 Å². The van der Waals surface area contributed by atoms with Gasteiger partial charge in [-0.05, 0) is 46.3 Å². The van der Waals surface area contributed by atoms with Crippen LogP contribution in [0.2, 0.25) is 0 Å². The summed E-state index contributed by atoms with van der Waals surface area (Å²) in [5.41, 5.74) is 5.56. The topological polar surface area (TPSA) is 29.3 Å². The molecule has 2 heteroatoms. The van der Waals surface area contributed by atoms with Crippen LogP contribution in [0.15, 0.2) is 0 Å². The average Bonchev–Trinajstić information content (AvgIpc) is 2.26. The molecule has 2 N–H and O–H groups in total. The maximum Gasteiger partial charge on any atom is 0.00385 e. The number of nitrogens with zero attached hydrogens (tertiary/aromatic N) is 1. The molecule has 98 valence electrons. The highest BCUT2D eigenvalue weighted by atomic mass is 15.1. The third-order valence-corrected chi connectivity index (χ3v) is 3.18. The van der Waals surface area contributed by atoms with Gasteiger partial charge >= 0.3 is 0 Å². The molecule has 0 aliphatic rings. The van der Waals surface area contributed by atoms with Gasteiger partial charge in [-0.15, -0.1) is 0 Å². The van der Waals surface area contributed by atoms with Crippen LogP contribution in [0.4, 0.5) is 0 Å². The number of hydrogen-bond donors (Lipinski definition) is 1. The summed E-state index contributed by atoms with van der Waals surface area (Å²) in [6, 6.07) is 0.669. The van der Waals surface area contributed by atoms with Crippen LogP contribution in [0.3, 0.4) is 0 Å². The molecule has 0 fully saturated rings. The first-order chi connectivity index (χ1) is 7.72.